The summed E-state index contributed by atoms with van der Waals surface area (Å²) in [6.07, 6.45) is 0. The molecule has 1 aliphatic heterocycles. The smallest absolute Gasteiger partial charge is 0.201 e. The van der Waals surface area contributed by atoms with Crippen molar-refractivity contribution in [3.63, 3.8) is 0 Å². The fourth-order valence-corrected chi connectivity index (χ4v) is 1.26. The highest BCUT2D eigenvalue weighted by atomic mass is 32.1. The molecular formula is C8H14N2OS. The fraction of sp³-hybridized carbons (Fsp3) is 0.625. The zero-order chi connectivity index (χ0) is 9.52. The van der Waals surface area contributed by atoms with Gasteiger partial charge in [0.05, 0.1) is 0 Å². The average molecular weight is 186 g/mol. The average Bonchev–Trinajstić information content (AvgIpc) is 1.97. The van der Waals surface area contributed by atoms with Crippen LogP contribution in [0.15, 0.2) is 12.5 Å². The van der Waals surface area contributed by atoms with Crippen LogP contribution < -0.4 is 0 Å². The van der Waals surface area contributed by atoms with Gasteiger partial charge in [-0.1, -0.05) is 12.2 Å². The first-order valence-corrected chi connectivity index (χ1v) is 4.17. The monoisotopic (exact) mass is 186 g/mol. The van der Waals surface area contributed by atoms with E-state index in [-0.39, 0.29) is 0 Å². The molecule has 1 saturated heterocycles. The van der Waals surface area contributed by atoms with Gasteiger partial charge in [0.2, 0.25) is 5.88 Å². The van der Waals surface area contributed by atoms with Crippen LogP contribution in [-0.4, -0.2) is 34.7 Å². The first kappa shape index (κ1) is 9.32. The van der Waals surface area contributed by atoms with E-state index in [9.17, 15) is 0 Å². The van der Waals surface area contributed by atoms with Gasteiger partial charge in [-0.15, -0.1) is 0 Å². The summed E-state index contributed by atoms with van der Waals surface area (Å²) in [7, 11) is 3.77. The molecule has 12 heavy (non-hydrogen) atoms. The maximum atomic E-state index is 5.52. The van der Waals surface area contributed by atoms with Crippen molar-refractivity contribution in [3.05, 3.63) is 12.5 Å². The lowest BCUT2D eigenvalue weighted by Crippen LogP contribution is -2.55. The van der Waals surface area contributed by atoms with Gasteiger partial charge in [-0.2, -0.15) is 0 Å². The van der Waals surface area contributed by atoms with E-state index < -0.39 is 5.60 Å². The first-order valence-electron chi connectivity index (χ1n) is 3.76. The molecule has 0 aromatic heterocycles. The maximum Gasteiger partial charge on any atom is 0.201 e. The summed E-state index contributed by atoms with van der Waals surface area (Å²) in [4.78, 5) is 0.761. The van der Waals surface area contributed by atoms with Gasteiger partial charge in [0, 0.05) is 14.1 Å². The van der Waals surface area contributed by atoms with Crippen LogP contribution in [0.3, 0.4) is 0 Å². The van der Waals surface area contributed by atoms with Crippen molar-refractivity contribution >= 4 is 17.2 Å². The molecular weight excluding hydrogens is 172 g/mol. The van der Waals surface area contributed by atoms with Crippen LogP contribution >= 0.6 is 12.2 Å². The number of hydrogen-bond donors (Lipinski definition) is 0. The number of rotatable bonds is 0. The molecule has 1 fully saturated rings. The SMILES string of the molecule is C=C1OC(C)(C)C(=S)N(C)N1C. The lowest BCUT2D eigenvalue weighted by atomic mass is 10.1. The molecule has 0 aromatic carbocycles. The van der Waals surface area contributed by atoms with Crippen molar-refractivity contribution < 1.29 is 4.74 Å². The second-order valence-corrected chi connectivity index (χ2v) is 3.75. The second-order valence-electron chi connectivity index (χ2n) is 3.36. The standard InChI is InChI=1S/C8H14N2OS/c1-6-9(4)10(5)7(12)8(2,3)11-6/h1H2,2-5H3. The third-order valence-corrected chi connectivity index (χ3v) is 2.75. The molecule has 0 aliphatic carbocycles. The Labute approximate surface area is 78.6 Å². The third-order valence-electron chi connectivity index (χ3n) is 1.99. The number of ether oxygens (including phenoxy) is 1. The van der Waals surface area contributed by atoms with Gasteiger partial charge in [0.25, 0.3) is 0 Å². The van der Waals surface area contributed by atoms with Crippen LogP contribution in [-0.2, 0) is 4.74 Å². The zero-order valence-electron chi connectivity index (χ0n) is 7.92. The van der Waals surface area contributed by atoms with Gasteiger partial charge in [0.1, 0.15) is 4.99 Å². The Bertz CT molecular complexity index is 237. The van der Waals surface area contributed by atoms with Gasteiger partial charge in [-0.25, -0.2) is 0 Å². The van der Waals surface area contributed by atoms with Gasteiger partial charge in [-0.05, 0) is 20.4 Å². The maximum absolute atomic E-state index is 5.52. The van der Waals surface area contributed by atoms with Gasteiger partial charge in [0.15, 0.2) is 5.60 Å². The Morgan fingerprint density at radius 3 is 2.33 bits per heavy atom. The topological polar surface area (TPSA) is 15.7 Å². The molecule has 0 aromatic rings. The molecule has 4 heteroatoms. The predicted octanol–water partition coefficient (Wildman–Crippen LogP) is 1.37. The van der Waals surface area contributed by atoms with E-state index in [0.29, 0.717) is 5.88 Å². The van der Waals surface area contributed by atoms with Crippen molar-refractivity contribution in [2.75, 3.05) is 14.1 Å². The highest BCUT2D eigenvalue weighted by molar-refractivity contribution is 7.80. The Morgan fingerprint density at radius 1 is 1.33 bits per heavy atom. The normalized spacial score (nSPS) is 22.7. The van der Waals surface area contributed by atoms with Crippen LogP contribution in [0.2, 0.25) is 0 Å². The molecule has 0 radical (unpaired) electrons. The molecule has 3 nitrogen and oxygen atoms in total. The molecule has 0 saturated carbocycles. The van der Waals surface area contributed by atoms with Gasteiger partial charge in [-0.3, -0.25) is 10.0 Å². The second kappa shape index (κ2) is 2.62. The molecule has 0 unspecified atom stereocenters. The number of hydrogen-bond acceptors (Lipinski definition) is 3. The summed E-state index contributed by atoms with van der Waals surface area (Å²) in [5, 5.41) is 3.65. The largest absolute Gasteiger partial charge is 0.465 e. The molecule has 0 amide bonds. The molecule has 1 aliphatic rings. The van der Waals surface area contributed by atoms with E-state index in [0.717, 1.165) is 4.99 Å². The Morgan fingerprint density at radius 2 is 1.83 bits per heavy atom. The Kier molecular flexibility index (Phi) is 2.04. The van der Waals surface area contributed by atoms with Gasteiger partial charge >= 0.3 is 0 Å². The molecule has 68 valence electrons. The molecule has 0 atom stereocenters. The minimum absolute atomic E-state index is 0.423. The van der Waals surface area contributed by atoms with E-state index in [1.165, 1.54) is 0 Å². The predicted molar refractivity (Wildman–Crippen MR) is 52.4 cm³/mol. The van der Waals surface area contributed by atoms with Crippen LogP contribution in [0.25, 0.3) is 0 Å². The number of likely N-dealkylation sites (N-methyl/N-ethyl adjacent to an activating group) is 1. The van der Waals surface area contributed by atoms with E-state index in [4.69, 9.17) is 17.0 Å². The van der Waals surface area contributed by atoms with Crippen molar-refractivity contribution in [2.24, 2.45) is 0 Å². The first-order chi connectivity index (χ1) is 5.36. The Balaban J connectivity index is 2.93. The molecule has 0 N–H and O–H groups in total. The van der Waals surface area contributed by atoms with E-state index in [2.05, 4.69) is 6.58 Å². The highest BCUT2D eigenvalue weighted by Crippen LogP contribution is 2.26. The molecule has 1 rings (SSSR count). The number of hydrazine groups is 1. The summed E-state index contributed by atoms with van der Waals surface area (Å²) in [6, 6.07) is 0. The van der Waals surface area contributed by atoms with Crippen LogP contribution in [0.1, 0.15) is 13.8 Å². The molecule has 1 heterocycles. The number of thiocarbonyl (C=S) groups is 1. The van der Waals surface area contributed by atoms with Crippen molar-refractivity contribution in [3.8, 4) is 0 Å². The lowest BCUT2D eigenvalue weighted by molar-refractivity contribution is -0.0559. The summed E-state index contributed by atoms with van der Waals surface area (Å²) >= 11 is 5.21. The van der Waals surface area contributed by atoms with Crippen LogP contribution in [0.5, 0.6) is 0 Å². The molecule has 0 spiro atoms. The van der Waals surface area contributed by atoms with E-state index in [1.54, 1.807) is 5.01 Å². The quantitative estimate of drug-likeness (QED) is 0.531. The summed E-state index contributed by atoms with van der Waals surface area (Å²) < 4.78 is 5.52. The lowest BCUT2D eigenvalue weighted by Gasteiger charge is -2.45. The zero-order valence-corrected chi connectivity index (χ0v) is 8.73. The summed E-state index contributed by atoms with van der Waals surface area (Å²) in [5.41, 5.74) is -0.423. The molecule has 0 bridgehead atoms. The minimum atomic E-state index is -0.423. The van der Waals surface area contributed by atoms with E-state index >= 15 is 0 Å². The fourth-order valence-electron chi connectivity index (χ4n) is 1.10. The third kappa shape index (κ3) is 1.27. The van der Waals surface area contributed by atoms with Gasteiger partial charge < -0.3 is 4.74 Å². The van der Waals surface area contributed by atoms with Crippen molar-refractivity contribution in [1.29, 1.82) is 0 Å². The summed E-state index contributed by atoms with van der Waals surface area (Å²) in [5.74, 6) is 0.621. The Hall–Kier alpha value is -0.770. The highest BCUT2D eigenvalue weighted by Gasteiger charge is 2.36. The van der Waals surface area contributed by atoms with E-state index in [1.807, 2.05) is 33.0 Å². The van der Waals surface area contributed by atoms with Crippen LogP contribution in [0, 0.1) is 0 Å². The van der Waals surface area contributed by atoms with Crippen LogP contribution in [0.4, 0.5) is 0 Å². The summed E-state index contributed by atoms with van der Waals surface area (Å²) in [6.45, 7) is 7.65. The van der Waals surface area contributed by atoms with Crippen molar-refractivity contribution in [2.45, 2.75) is 19.4 Å². The van der Waals surface area contributed by atoms with Crippen molar-refractivity contribution in [1.82, 2.24) is 10.0 Å². The number of nitrogens with zero attached hydrogens (tertiary/aromatic N) is 2. The minimum Gasteiger partial charge on any atom is -0.465 e.